The van der Waals surface area contributed by atoms with Crippen LogP contribution in [0.2, 0.25) is 0 Å². The van der Waals surface area contributed by atoms with Gasteiger partial charge in [0, 0.05) is 0 Å². The van der Waals surface area contributed by atoms with Gasteiger partial charge in [-0.05, 0) is 54.8 Å². The van der Waals surface area contributed by atoms with Crippen LogP contribution in [0.15, 0.2) is 36.4 Å². The van der Waals surface area contributed by atoms with E-state index in [1.54, 1.807) is 19.2 Å². The van der Waals surface area contributed by atoms with Gasteiger partial charge in [0.1, 0.15) is 5.75 Å². The Balaban J connectivity index is 2.32. The molecule has 0 bridgehead atoms. The Bertz CT molecular complexity index is 657. The van der Waals surface area contributed by atoms with E-state index in [4.69, 9.17) is 14.7 Å². The summed E-state index contributed by atoms with van der Waals surface area (Å²) in [6.07, 6.45) is 0.951. The highest BCUT2D eigenvalue weighted by atomic mass is 16.5. The molecule has 0 aliphatic rings. The van der Waals surface area contributed by atoms with Crippen LogP contribution in [0.1, 0.15) is 23.6 Å². The second-order valence-corrected chi connectivity index (χ2v) is 4.53. The molecule has 0 radical (unpaired) electrons. The summed E-state index contributed by atoms with van der Waals surface area (Å²) >= 11 is 0. The van der Waals surface area contributed by atoms with Crippen molar-refractivity contribution in [3.05, 3.63) is 53.1 Å². The molecule has 0 aromatic heterocycles. The molecule has 2 rings (SSSR count). The summed E-state index contributed by atoms with van der Waals surface area (Å²) in [6, 6.07) is 13.4. The maximum absolute atomic E-state index is 8.87. The van der Waals surface area contributed by atoms with Gasteiger partial charge in [0.2, 0.25) is 0 Å². The van der Waals surface area contributed by atoms with E-state index >= 15 is 0 Å². The van der Waals surface area contributed by atoms with E-state index in [1.807, 2.05) is 31.2 Å². The Morgan fingerprint density at radius 1 is 1.05 bits per heavy atom. The summed E-state index contributed by atoms with van der Waals surface area (Å²) in [5.41, 5.74) is 2.75. The highest BCUT2D eigenvalue weighted by Gasteiger charge is 2.08. The van der Waals surface area contributed by atoms with Gasteiger partial charge >= 0.3 is 0 Å². The number of ether oxygens (including phenoxy) is 2. The lowest BCUT2D eigenvalue weighted by Gasteiger charge is -2.13. The monoisotopic (exact) mass is 267 g/mol. The minimum Gasteiger partial charge on any atom is -0.493 e. The van der Waals surface area contributed by atoms with Crippen LogP contribution < -0.4 is 9.47 Å². The van der Waals surface area contributed by atoms with Gasteiger partial charge in [0.05, 0.1) is 18.7 Å². The minimum absolute atomic E-state index is 0.628. The van der Waals surface area contributed by atoms with Gasteiger partial charge in [-0.2, -0.15) is 5.26 Å². The zero-order valence-corrected chi connectivity index (χ0v) is 11.9. The Kier molecular flexibility index (Phi) is 4.27. The molecule has 2 aromatic carbocycles. The quantitative estimate of drug-likeness (QED) is 0.832. The Labute approximate surface area is 119 Å². The summed E-state index contributed by atoms with van der Waals surface area (Å²) in [6.45, 7) is 4.02. The van der Waals surface area contributed by atoms with Crippen molar-refractivity contribution in [2.75, 3.05) is 7.11 Å². The molecule has 102 valence electrons. The number of benzene rings is 2. The van der Waals surface area contributed by atoms with E-state index in [9.17, 15) is 0 Å². The molecule has 3 heteroatoms. The Morgan fingerprint density at radius 2 is 1.80 bits per heavy atom. The summed E-state index contributed by atoms with van der Waals surface area (Å²) in [4.78, 5) is 0. The van der Waals surface area contributed by atoms with Gasteiger partial charge in [-0.3, -0.25) is 0 Å². The maximum atomic E-state index is 8.87. The molecule has 0 unspecified atom stereocenters. The van der Waals surface area contributed by atoms with E-state index in [1.165, 1.54) is 5.56 Å². The zero-order chi connectivity index (χ0) is 14.5. The molecule has 0 spiro atoms. The first-order chi connectivity index (χ1) is 9.67. The lowest BCUT2D eigenvalue weighted by molar-refractivity contribution is 0.377. The van der Waals surface area contributed by atoms with Crippen LogP contribution in [0.25, 0.3) is 0 Å². The highest BCUT2D eigenvalue weighted by Crippen LogP contribution is 2.34. The number of aryl methyl sites for hydroxylation is 2. The van der Waals surface area contributed by atoms with Crippen LogP contribution in [0.5, 0.6) is 17.2 Å². The van der Waals surface area contributed by atoms with E-state index in [0.717, 1.165) is 17.7 Å². The summed E-state index contributed by atoms with van der Waals surface area (Å²) < 4.78 is 11.3. The van der Waals surface area contributed by atoms with Gasteiger partial charge in [-0.15, -0.1) is 0 Å². The summed E-state index contributed by atoms with van der Waals surface area (Å²) in [5.74, 6) is 2.12. The summed E-state index contributed by atoms with van der Waals surface area (Å²) in [5, 5.41) is 8.87. The van der Waals surface area contributed by atoms with Crippen molar-refractivity contribution in [2.24, 2.45) is 0 Å². The minimum atomic E-state index is 0.628. The van der Waals surface area contributed by atoms with E-state index < -0.39 is 0 Å². The number of nitrogens with zero attached hydrogens (tertiary/aromatic N) is 1. The van der Waals surface area contributed by atoms with Crippen LogP contribution in [0.3, 0.4) is 0 Å². The van der Waals surface area contributed by atoms with Crippen molar-refractivity contribution >= 4 is 0 Å². The molecule has 0 aliphatic carbocycles. The van der Waals surface area contributed by atoms with Crippen molar-refractivity contribution in [3.63, 3.8) is 0 Å². The number of methoxy groups -OCH3 is 1. The third-order valence-electron chi connectivity index (χ3n) is 3.16. The fourth-order valence-corrected chi connectivity index (χ4v) is 1.97. The average molecular weight is 267 g/mol. The molecular formula is C17H17NO2. The molecule has 2 aromatic rings. The van der Waals surface area contributed by atoms with Crippen molar-refractivity contribution in [1.29, 1.82) is 5.26 Å². The van der Waals surface area contributed by atoms with E-state index in [0.29, 0.717) is 17.1 Å². The van der Waals surface area contributed by atoms with Crippen molar-refractivity contribution < 1.29 is 9.47 Å². The average Bonchev–Trinajstić information content (AvgIpc) is 2.49. The normalized spacial score (nSPS) is 9.90. The topological polar surface area (TPSA) is 42.2 Å². The smallest absolute Gasteiger partial charge is 0.169 e. The first-order valence-electron chi connectivity index (χ1n) is 6.53. The molecule has 3 nitrogen and oxygen atoms in total. The molecule has 0 heterocycles. The van der Waals surface area contributed by atoms with Gasteiger partial charge in [-0.1, -0.05) is 13.0 Å². The van der Waals surface area contributed by atoms with Crippen molar-refractivity contribution in [1.82, 2.24) is 0 Å². The van der Waals surface area contributed by atoms with Gasteiger partial charge in [0.25, 0.3) is 0 Å². The lowest BCUT2D eigenvalue weighted by atomic mass is 10.1. The summed E-state index contributed by atoms with van der Waals surface area (Å²) in [7, 11) is 1.63. The fraction of sp³-hybridized carbons (Fsp3) is 0.235. The molecular weight excluding hydrogens is 250 g/mol. The molecule has 0 N–H and O–H groups in total. The van der Waals surface area contributed by atoms with Gasteiger partial charge in [-0.25, -0.2) is 0 Å². The molecule has 0 aliphatic heterocycles. The molecule has 0 amide bonds. The van der Waals surface area contributed by atoms with Crippen LogP contribution in [0, 0.1) is 18.3 Å². The molecule has 0 fully saturated rings. The first kappa shape index (κ1) is 14.0. The standard InChI is InChI=1S/C17H17NO2/c1-4-13-5-8-16(17(10-13)19-3)20-15-7-6-14(11-18)9-12(15)2/h5-10H,4H2,1-3H3. The van der Waals surface area contributed by atoms with Crippen LogP contribution in [0.4, 0.5) is 0 Å². The fourth-order valence-electron chi connectivity index (χ4n) is 1.97. The zero-order valence-electron chi connectivity index (χ0n) is 11.9. The van der Waals surface area contributed by atoms with Crippen LogP contribution >= 0.6 is 0 Å². The van der Waals surface area contributed by atoms with E-state index in [2.05, 4.69) is 13.0 Å². The molecule has 0 atom stereocenters. The predicted octanol–water partition coefficient (Wildman–Crippen LogP) is 4.23. The lowest BCUT2D eigenvalue weighted by Crippen LogP contribution is -1.94. The predicted molar refractivity (Wildman–Crippen MR) is 78.3 cm³/mol. The molecule has 0 saturated heterocycles. The number of rotatable bonds is 4. The second-order valence-electron chi connectivity index (χ2n) is 4.53. The van der Waals surface area contributed by atoms with E-state index in [-0.39, 0.29) is 0 Å². The van der Waals surface area contributed by atoms with Crippen molar-refractivity contribution in [2.45, 2.75) is 20.3 Å². The van der Waals surface area contributed by atoms with Gasteiger partial charge in [0.15, 0.2) is 11.5 Å². The molecule has 0 saturated carbocycles. The second kappa shape index (κ2) is 6.12. The van der Waals surface area contributed by atoms with Crippen molar-refractivity contribution in [3.8, 4) is 23.3 Å². The number of hydrogen-bond acceptors (Lipinski definition) is 3. The van der Waals surface area contributed by atoms with Crippen LogP contribution in [-0.2, 0) is 6.42 Å². The third kappa shape index (κ3) is 2.92. The number of hydrogen-bond donors (Lipinski definition) is 0. The largest absolute Gasteiger partial charge is 0.493 e. The first-order valence-corrected chi connectivity index (χ1v) is 6.53. The van der Waals surface area contributed by atoms with Gasteiger partial charge < -0.3 is 9.47 Å². The Hall–Kier alpha value is -2.47. The van der Waals surface area contributed by atoms with Crippen LogP contribution in [-0.4, -0.2) is 7.11 Å². The SMILES string of the molecule is CCc1ccc(Oc2ccc(C#N)cc2C)c(OC)c1. The third-order valence-corrected chi connectivity index (χ3v) is 3.16. The molecule has 20 heavy (non-hydrogen) atoms. The maximum Gasteiger partial charge on any atom is 0.169 e. The highest BCUT2D eigenvalue weighted by molar-refractivity contribution is 5.48. The Morgan fingerprint density at radius 3 is 2.40 bits per heavy atom. The number of nitriles is 1.